The average molecular weight is 214 g/mol. The third kappa shape index (κ3) is 2.54. The van der Waals surface area contributed by atoms with Gasteiger partial charge in [0.2, 0.25) is 10.0 Å². The first-order chi connectivity index (χ1) is 6.45. The van der Waals surface area contributed by atoms with Gasteiger partial charge in [-0.15, -0.1) is 0 Å². The van der Waals surface area contributed by atoms with Gasteiger partial charge in [0.1, 0.15) is 0 Å². The summed E-state index contributed by atoms with van der Waals surface area (Å²) in [5.74, 6) is 0. The molecule has 78 valence electrons. The van der Waals surface area contributed by atoms with Crippen molar-refractivity contribution in [1.29, 1.82) is 0 Å². The van der Waals surface area contributed by atoms with E-state index in [0.29, 0.717) is 12.1 Å². The molecule has 0 heterocycles. The van der Waals surface area contributed by atoms with Gasteiger partial charge in [-0.05, 0) is 18.1 Å². The van der Waals surface area contributed by atoms with Crippen LogP contribution in [0, 0.1) is 0 Å². The van der Waals surface area contributed by atoms with E-state index in [1.807, 2.05) is 0 Å². The molecule has 4 nitrogen and oxygen atoms in total. The minimum Gasteiger partial charge on any atom is -0.326 e. The minimum atomic E-state index is -3.51. The monoisotopic (exact) mass is 214 g/mol. The van der Waals surface area contributed by atoms with Gasteiger partial charge >= 0.3 is 0 Å². The Balaban J connectivity index is 2.98. The highest BCUT2D eigenvalue weighted by atomic mass is 32.2. The van der Waals surface area contributed by atoms with Crippen molar-refractivity contribution in [2.45, 2.75) is 18.7 Å². The van der Waals surface area contributed by atoms with Crippen LogP contribution in [0.4, 0.5) is 0 Å². The predicted molar refractivity (Wildman–Crippen MR) is 55.9 cm³/mol. The zero-order valence-corrected chi connectivity index (χ0v) is 8.79. The van der Waals surface area contributed by atoms with Crippen molar-refractivity contribution in [2.75, 3.05) is 0 Å². The first-order valence-corrected chi connectivity index (χ1v) is 5.86. The number of hydrogen-bond donors (Lipinski definition) is 2. The fourth-order valence-electron chi connectivity index (χ4n) is 1.11. The number of primary sulfonamides is 1. The zero-order valence-electron chi connectivity index (χ0n) is 7.97. The molecule has 0 fully saturated rings. The molecule has 0 aliphatic rings. The molecular weight excluding hydrogens is 200 g/mol. The van der Waals surface area contributed by atoms with Crippen LogP contribution in [0.3, 0.4) is 0 Å². The summed E-state index contributed by atoms with van der Waals surface area (Å²) in [5, 5.41) is 4.36. The molecule has 0 aliphatic heterocycles. The molecule has 0 radical (unpaired) electrons. The predicted octanol–water partition coefficient (Wildman–Crippen LogP) is 0.495. The Kier molecular flexibility index (Phi) is 3.25. The third-order valence-corrected chi connectivity index (χ3v) is 3.44. The highest BCUT2D eigenvalue weighted by Crippen LogP contribution is 2.19. The molecule has 1 aromatic carbocycles. The van der Waals surface area contributed by atoms with Gasteiger partial charge in [-0.25, -0.2) is 13.6 Å². The SMILES string of the molecule is CC(c1ccc(CN)cc1)S(N)(=O)=O. The Labute approximate surface area is 84.0 Å². The number of sulfonamides is 1. The van der Waals surface area contributed by atoms with Crippen LogP contribution in [-0.2, 0) is 16.6 Å². The van der Waals surface area contributed by atoms with E-state index in [1.165, 1.54) is 0 Å². The van der Waals surface area contributed by atoms with Crippen LogP contribution in [0.25, 0.3) is 0 Å². The van der Waals surface area contributed by atoms with Gasteiger partial charge < -0.3 is 5.73 Å². The van der Waals surface area contributed by atoms with Crippen LogP contribution in [0.15, 0.2) is 24.3 Å². The molecule has 0 saturated heterocycles. The lowest BCUT2D eigenvalue weighted by atomic mass is 10.1. The number of nitrogens with two attached hydrogens (primary N) is 2. The molecule has 1 unspecified atom stereocenters. The average Bonchev–Trinajstić information content (AvgIpc) is 2.15. The molecule has 1 atom stereocenters. The lowest BCUT2D eigenvalue weighted by Crippen LogP contribution is -2.19. The maximum absolute atomic E-state index is 11.0. The molecule has 0 spiro atoms. The Hall–Kier alpha value is -0.910. The minimum absolute atomic E-state index is 0.448. The molecule has 0 aliphatic carbocycles. The second-order valence-electron chi connectivity index (χ2n) is 3.18. The molecule has 14 heavy (non-hydrogen) atoms. The summed E-state index contributed by atoms with van der Waals surface area (Å²) in [5.41, 5.74) is 7.07. The maximum Gasteiger partial charge on any atom is 0.215 e. The fourth-order valence-corrected chi connectivity index (χ4v) is 1.65. The lowest BCUT2D eigenvalue weighted by molar-refractivity contribution is 0.588. The molecule has 1 aromatic rings. The molecule has 0 aromatic heterocycles. The normalized spacial score (nSPS) is 13.9. The second kappa shape index (κ2) is 4.08. The van der Waals surface area contributed by atoms with Gasteiger partial charge in [0.15, 0.2) is 0 Å². The highest BCUT2D eigenvalue weighted by Gasteiger charge is 2.17. The van der Waals surface area contributed by atoms with Crippen LogP contribution < -0.4 is 10.9 Å². The van der Waals surface area contributed by atoms with E-state index in [0.717, 1.165) is 5.56 Å². The quantitative estimate of drug-likeness (QED) is 0.768. The van der Waals surface area contributed by atoms with Crippen molar-refractivity contribution in [2.24, 2.45) is 10.9 Å². The standard InChI is InChI=1S/C9H14N2O2S/c1-7(14(11,12)13)9-4-2-8(6-10)3-5-9/h2-5,7H,6,10H2,1H3,(H2,11,12,13). The molecule has 0 amide bonds. The summed E-state index contributed by atoms with van der Waals surface area (Å²) < 4.78 is 22.1. The van der Waals surface area contributed by atoms with Crippen molar-refractivity contribution in [3.8, 4) is 0 Å². The van der Waals surface area contributed by atoms with Crippen molar-refractivity contribution >= 4 is 10.0 Å². The smallest absolute Gasteiger partial charge is 0.215 e. The van der Waals surface area contributed by atoms with Crippen molar-refractivity contribution in [3.05, 3.63) is 35.4 Å². The van der Waals surface area contributed by atoms with Crippen LogP contribution in [-0.4, -0.2) is 8.42 Å². The summed E-state index contributed by atoms with van der Waals surface area (Å²) in [6, 6.07) is 7.07. The highest BCUT2D eigenvalue weighted by molar-refractivity contribution is 7.89. The Morgan fingerprint density at radius 1 is 1.29 bits per heavy atom. The van der Waals surface area contributed by atoms with E-state index < -0.39 is 15.3 Å². The van der Waals surface area contributed by atoms with E-state index in [2.05, 4.69) is 0 Å². The molecule has 5 heteroatoms. The van der Waals surface area contributed by atoms with Gasteiger partial charge in [-0.3, -0.25) is 0 Å². The number of benzene rings is 1. The molecule has 0 saturated carbocycles. The van der Waals surface area contributed by atoms with Gasteiger partial charge in [0, 0.05) is 6.54 Å². The Morgan fingerprint density at radius 3 is 2.14 bits per heavy atom. The Morgan fingerprint density at radius 2 is 1.79 bits per heavy atom. The van der Waals surface area contributed by atoms with Crippen LogP contribution in [0.1, 0.15) is 23.3 Å². The van der Waals surface area contributed by atoms with Crippen molar-refractivity contribution in [3.63, 3.8) is 0 Å². The number of hydrogen-bond acceptors (Lipinski definition) is 3. The maximum atomic E-state index is 11.0. The molecule has 0 bridgehead atoms. The summed E-state index contributed by atoms with van der Waals surface area (Å²) in [6.45, 7) is 2.01. The van der Waals surface area contributed by atoms with Crippen molar-refractivity contribution < 1.29 is 8.42 Å². The van der Waals surface area contributed by atoms with E-state index in [4.69, 9.17) is 10.9 Å². The van der Waals surface area contributed by atoms with Crippen LogP contribution in [0.2, 0.25) is 0 Å². The largest absolute Gasteiger partial charge is 0.326 e. The molecule has 1 rings (SSSR count). The topological polar surface area (TPSA) is 86.2 Å². The zero-order chi connectivity index (χ0) is 10.8. The van der Waals surface area contributed by atoms with E-state index >= 15 is 0 Å². The Bertz CT molecular complexity index is 397. The van der Waals surface area contributed by atoms with Gasteiger partial charge in [-0.1, -0.05) is 24.3 Å². The lowest BCUT2D eigenvalue weighted by Gasteiger charge is -2.09. The third-order valence-electron chi connectivity index (χ3n) is 2.18. The van der Waals surface area contributed by atoms with E-state index in [9.17, 15) is 8.42 Å². The second-order valence-corrected chi connectivity index (χ2v) is 5.06. The van der Waals surface area contributed by atoms with Gasteiger partial charge in [0.25, 0.3) is 0 Å². The first kappa shape index (κ1) is 11.2. The molecular formula is C9H14N2O2S. The van der Waals surface area contributed by atoms with Gasteiger partial charge in [-0.2, -0.15) is 0 Å². The summed E-state index contributed by atoms with van der Waals surface area (Å²) in [7, 11) is -3.51. The summed E-state index contributed by atoms with van der Waals surface area (Å²) in [4.78, 5) is 0. The summed E-state index contributed by atoms with van der Waals surface area (Å²) >= 11 is 0. The van der Waals surface area contributed by atoms with E-state index in [-0.39, 0.29) is 0 Å². The summed E-state index contributed by atoms with van der Waals surface area (Å²) in [6.07, 6.45) is 0. The van der Waals surface area contributed by atoms with Crippen molar-refractivity contribution in [1.82, 2.24) is 0 Å². The van der Waals surface area contributed by atoms with Crippen LogP contribution >= 0.6 is 0 Å². The number of rotatable bonds is 3. The van der Waals surface area contributed by atoms with E-state index in [1.54, 1.807) is 31.2 Å². The van der Waals surface area contributed by atoms with Gasteiger partial charge in [0.05, 0.1) is 5.25 Å². The van der Waals surface area contributed by atoms with Crippen LogP contribution in [0.5, 0.6) is 0 Å². The fraction of sp³-hybridized carbons (Fsp3) is 0.333. The first-order valence-electron chi connectivity index (χ1n) is 4.25. The molecule has 4 N–H and O–H groups in total.